The molecule has 192 valence electrons. The maximum atomic E-state index is 12.1. The Morgan fingerprint density at radius 3 is 2.63 bits per heavy atom. The van der Waals surface area contributed by atoms with Crippen molar-refractivity contribution in [3.8, 4) is 5.75 Å². The summed E-state index contributed by atoms with van der Waals surface area (Å²) in [5.74, 6) is 0.710. The molecular formula is C24H31Cl3N4O3S. The Morgan fingerprint density at radius 2 is 1.86 bits per heavy atom. The Kier molecular flexibility index (Phi) is 13.0. The second-order valence-corrected chi connectivity index (χ2v) is 9.94. The molecule has 0 amide bonds. The molecule has 0 unspecified atom stereocenters. The average molecular weight is 562 g/mol. The van der Waals surface area contributed by atoms with Gasteiger partial charge in [0, 0.05) is 44.4 Å². The molecule has 0 atom stereocenters. The van der Waals surface area contributed by atoms with Crippen molar-refractivity contribution in [3.63, 3.8) is 0 Å². The maximum Gasteiger partial charge on any atom is 0.243 e. The van der Waals surface area contributed by atoms with Crippen molar-refractivity contribution in [1.82, 2.24) is 19.6 Å². The molecule has 0 fully saturated rings. The summed E-state index contributed by atoms with van der Waals surface area (Å²) in [7, 11) is -1.73. The fourth-order valence-electron chi connectivity index (χ4n) is 3.73. The third-order valence-electron chi connectivity index (χ3n) is 5.48. The van der Waals surface area contributed by atoms with Gasteiger partial charge >= 0.3 is 0 Å². The summed E-state index contributed by atoms with van der Waals surface area (Å²) in [6.07, 6.45) is 8.23. The summed E-state index contributed by atoms with van der Waals surface area (Å²) < 4.78 is 31.4. The van der Waals surface area contributed by atoms with Gasteiger partial charge in [-0.1, -0.05) is 6.07 Å². The first kappa shape index (κ1) is 31.1. The maximum absolute atomic E-state index is 12.1. The Balaban J connectivity index is 0.00000204. The zero-order valence-electron chi connectivity index (χ0n) is 19.4. The van der Waals surface area contributed by atoms with Gasteiger partial charge in [0.1, 0.15) is 5.75 Å². The lowest BCUT2D eigenvalue weighted by molar-refractivity contribution is 0.307. The molecule has 0 bridgehead atoms. The van der Waals surface area contributed by atoms with E-state index in [2.05, 4.69) is 27.4 Å². The second-order valence-electron chi connectivity index (χ2n) is 7.93. The van der Waals surface area contributed by atoms with Gasteiger partial charge in [-0.15, -0.1) is 37.2 Å². The molecule has 0 aliphatic carbocycles. The molecule has 0 radical (unpaired) electrons. The van der Waals surface area contributed by atoms with Gasteiger partial charge in [0.2, 0.25) is 10.0 Å². The zero-order valence-corrected chi connectivity index (χ0v) is 22.7. The Bertz CT molecular complexity index is 1170. The normalized spacial score (nSPS) is 13.6. The highest BCUT2D eigenvalue weighted by Crippen LogP contribution is 2.31. The van der Waals surface area contributed by atoms with Crippen molar-refractivity contribution in [3.05, 3.63) is 83.4 Å². The Morgan fingerprint density at radius 1 is 1.03 bits per heavy atom. The highest BCUT2D eigenvalue weighted by Gasteiger charge is 2.31. The second kappa shape index (κ2) is 14.6. The van der Waals surface area contributed by atoms with Gasteiger partial charge in [-0.05, 0) is 78.9 Å². The first-order valence-corrected chi connectivity index (χ1v) is 12.2. The van der Waals surface area contributed by atoms with E-state index in [1.54, 1.807) is 25.4 Å². The SMILES string of the molecule is CN1Cc2cc(OCCCNCc3ccnc(CCc4cccnc4)c3)ccc2S1(=O)=O.Cl.Cl.Cl. The smallest absolute Gasteiger partial charge is 0.243 e. The molecule has 1 aliphatic heterocycles. The summed E-state index contributed by atoms with van der Waals surface area (Å²) in [5.41, 5.74) is 4.31. The molecule has 0 saturated heterocycles. The molecule has 35 heavy (non-hydrogen) atoms. The summed E-state index contributed by atoms with van der Waals surface area (Å²) in [5, 5.41) is 3.44. The number of aromatic nitrogens is 2. The molecule has 2 aromatic heterocycles. The lowest BCUT2D eigenvalue weighted by Gasteiger charge is -2.09. The number of benzene rings is 1. The summed E-state index contributed by atoms with van der Waals surface area (Å²) in [6.45, 7) is 2.58. The minimum atomic E-state index is -3.32. The molecule has 4 rings (SSSR count). The lowest BCUT2D eigenvalue weighted by atomic mass is 10.1. The molecule has 7 nitrogen and oxygen atoms in total. The van der Waals surface area contributed by atoms with Crippen molar-refractivity contribution in [1.29, 1.82) is 0 Å². The van der Waals surface area contributed by atoms with Crippen LogP contribution in [0.15, 0.2) is 66.0 Å². The first-order valence-electron chi connectivity index (χ1n) is 10.8. The lowest BCUT2D eigenvalue weighted by Crippen LogP contribution is -2.18. The van der Waals surface area contributed by atoms with E-state index in [1.807, 2.05) is 30.6 Å². The molecule has 1 aromatic carbocycles. The minimum absolute atomic E-state index is 0. The van der Waals surface area contributed by atoms with E-state index >= 15 is 0 Å². The number of halogens is 3. The molecular weight excluding hydrogens is 531 g/mol. The van der Waals surface area contributed by atoms with Crippen molar-refractivity contribution >= 4 is 47.2 Å². The largest absolute Gasteiger partial charge is 0.494 e. The van der Waals surface area contributed by atoms with Gasteiger partial charge in [0.15, 0.2) is 0 Å². The highest BCUT2D eigenvalue weighted by atomic mass is 35.5. The van der Waals surface area contributed by atoms with Gasteiger partial charge in [0.05, 0.1) is 11.5 Å². The van der Waals surface area contributed by atoms with Crippen LogP contribution in [0.5, 0.6) is 5.75 Å². The standard InChI is InChI=1S/C24H28N4O3S.3ClH/c1-28-18-21-15-23(7-8-24(21)32(28,29)30)31-13-3-11-26-17-20-9-12-27-22(14-20)6-5-19-4-2-10-25-16-19;;;/h2,4,7-10,12,14-16,26H,3,5-6,11,13,17-18H2,1H3;3*1H. The fraction of sp³-hybridized carbons (Fsp3) is 0.333. The van der Waals surface area contributed by atoms with Crippen LogP contribution >= 0.6 is 37.2 Å². The number of sulfonamides is 1. The van der Waals surface area contributed by atoms with Gasteiger partial charge in [0.25, 0.3) is 0 Å². The number of nitrogens with one attached hydrogen (secondary N) is 1. The molecule has 0 saturated carbocycles. The summed E-state index contributed by atoms with van der Waals surface area (Å²) >= 11 is 0. The van der Waals surface area contributed by atoms with Crippen LogP contribution < -0.4 is 10.1 Å². The van der Waals surface area contributed by atoms with Gasteiger partial charge in [-0.25, -0.2) is 8.42 Å². The van der Waals surface area contributed by atoms with Crippen LogP contribution in [0.2, 0.25) is 0 Å². The molecule has 0 spiro atoms. The van der Waals surface area contributed by atoms with Crippen molar-refractivity contribution in [2.45, 2.75) is 37.2 Å². The van der Waals surface area contributed by atoms with Gasteiger partial charge in [-0.3, -0.25) is 9.97 Å². The van der Waals surface area contributed by atoms with Crippen molar-refractivity contribution < 1.29 is 13.2 Å². The van der Waals surface area contributed by atoms with Crippen LogP contribution in [0.3, 0.4) is 0 Å². The molecule has 11 heteroatoms. The molecule has 3 heterocycles. The number of hydrogen-bond acceptors (Lipinski definition) is 6. The van der Waals surface area contributed by atoms with Crippen LogP contribution in [-0.4, -0.2) is 42.9 Å². The predicted octanol–water partition coefficient (Wildman–Crippen LogP) is 4.22. The number of nitrogens with zero attached hydrogens (tertiary/aromatic N) is 3. The third kappa shape index (κ3) is 8.31. The Labute approximate surface area is 226 Å². The topological polar surface area (TPSA) is 84.4 Å². The van der Waals surface area contributed by atoms with Crippen LogP contribution in [0, 0.1) is 0 Å². The number of ether oxygens (including phenoxy) is 1. The van der Waals surface area contributed by atoms with E-state index in [9.17, 15) is 8.42 Å². The fourth-order valence-corrected chi connectivity index (χ4v) is 5.07. The first-order chi connectivity index (χ1) is 15.5. The van der Waals surface area contributed by atoms with Crippen LogP contribution in [0.4, 0.5) is 0 Å². The number of hydrogen-bond donors (Lipinski definition) is 1. The Hall–Kier alpha value is -1.94. The number of rotatable bonds is 10. The number of aryl methyl sites for hydroxylation is 2. The van der Waals surface area contributed by atoms with Crippen LogP contribution in [-0.2, 0) is 36.0 Å². The number of fused-ring (bicyclic) bond motifs is 1. The van der Waals surface area contributed by atoms with Crippen molar-refractivity contribution in [2.75, 3.05) is 20.2 Å². The molecule has 3 aromatic rings. The van der Waals surface area contributed by atoms with E-state index in [-0.39, 0.29) is 37.2 Å². The van der Waals surface area contributed by atoms with E-state index in [0.717, 1.165) is 43.6 Å². The average Bonchev–Trinajstić information content (AvgIpc) is 3.03. The van der Waals surface area contributed by atoms with E-state index in [4.69, 9.17) is 4.74 Å². The molecule has 1 aliphatic rings. The van der Waals surface area contributed by atoms with Gasteiger partial charge < -0.3 is 10.1 Å². The van der Waals surface area contributed by atoms with E-state index in [1.165, 1.54) is 15.4 Å². The highest BCUT2D eigenvalue weighted by molar-refractivity contribution is 7.89. The summed E-state index contributed by atoms with van der Waals surface area (Å²) in [6, 6.07) is 13.4. The number of pyridine rings is 2. The quantitative estimate of drug-likeness (QED) is 0.373. The van der Waals surface area contributed by atoms with E-state index < -0.39 is 10.0 Å². The van der Waals surface area contributed by atoms with E-state index in [0.29, 0.717) is 23.8 Å². The predicted molar refractivity (Wildman–Crippen MR) is 145 cm³/mol. The van der Waals surface area contributed by atoms with Crippen LogP contribution in [0.25, 0.3) is 0 Å². The zero-order chi connectivity index (χ0) is 22.4. The third-order valence-corrected chi connectivity index (χ3v) is 7.39. The van der Waals surface area contributed by atoms with Crippen LogP contribution in [0.1, 0.15) is 28.8 Å². The summed E-state index contributed by atoms with van der Waals surface area (Å²) in [4.78, 5) is 9.01. The van der Waals surface area contributed by atoms with Gasteiger partial charge in [-0.2, -0.15) is 4.31 Å². The molecule has 1 N–H and O–H groups in total. The minimum Gasteiger partial charge on any atom is -0.494 e. The monoisotopic (exact) mass is 560 g/mol. The van der Waals surface area contributed by atoms with Crippen molar-refractivity contribution in [2.24, 2.45) is 0 Å².